The molecular weight excluding hydrogens is 593 g/mol. The molecule has 2 aliphatic heterocycles. The predicted octanol–water partition coefficient (Wildman–Crippen LogP) is 4.40. The van der Waals surface area contributed by atoms with Gasteiger partial charge in [0.05, 0.1) is 13.0 Å². The highest BCUT2D eigenvalue weighted by molar-refractivity contribution is 8.01. The number of alkyl halides is 6. The molecule has 14 heteroatoms. The number of carbonyl (C=O) groups is 3. The van der Waals surface area contributed by atoms with Gasteiger partial charge in [-0.1, -0.05) is 99.9 Å². The maximum Gasteiger partial charge on any atom is 0.330 e. The van der Waals surface area contributed by atoms with Gasteiger partial charge >= 0.3 is 5.97 Å². The number of halogens is 6. The highest BCUT2D eigenvalue weighted by Crippen LogP contribution is 2.56. The Morgan fingerprint density at radius 3 is 2.21 bits per heavy atom. The van der Waals surface area contributed by atoms with Crippen molar-refractivity contribution >= 4 is 99.2 Å². The van der Waals surface area contributed by atoms with Gasteiger partial charge in [0, 0.05) is 4.75 Å². The zero-order chi connectivity index (χ0) is 25.5. The third-order valence-corrected chi connectivity index (χ3v) is 7.37. The smallest absolute Gasteiger partial charge is 0.330 e. The van der Waals surface area contributed by atoms with Gasteiger partial charge in [-0.3, -0.25) is 9.59 Å². The first kappa shape index (κ1) is 28.3. The minimum absolute atomic E-state index is 0.0114. The molecule has 0 radical (unpaired) electrons. The van der Waals surface area contributed by atoms with Crippen molar-refractivity contribution in [1.82, 2.24) is 10.2 Å². The van der Waals surface area contributed by atoms with Crippen LogP contribution in [-0.4, -0.2) is 65.4 Å². The Bertz CT molecular complexity index is 955. The molecule has 0 aromatic heterocycles. The van der Waals surface area contributed by atoms with Crippen molar-refractivity contribution in [3.63, 3.8) is 0 Å². The zero-order valence-electron chi connectivity index (χ0n) is 17.8. The van der Waals surface area contributed by atoms with Gasteiger partial charge in [-0.25, -0.2) is 4.79 Å². The van der Waals surface area contributed by atoms with Crippen LogP contribution in [0.25, 0.3) is 0 Å². The maximum atomic E-state index is 13.4. The van der Waals surface area contributed by atoms with Crippen LogP contribution >= 0.6 is 81.4 Å². The Morgan fingerprint density at radius 2 is 1.65 bits per heavy atom. The van der Waals surface area contributed by atoms with Crippen LogP contribution in [0.3, 0.4) is 0 Å². The Labute approximate surface area is 230 Å². The summed E-state index contributed by atoms with van der Waals surface area (Å²) >= 11 is 35.8. The van der Waals surface area contributed by atoms with Crippen LogP contribution < -0.4 is 5.32 Å². The van der Waals surface area contributed by atoms with Gasteiger partial charge in [-0.15, -0.1) is 11.8 Å². The van der Waals surface area contributed by atoms with Crippen molar-refractivity contribution in [2.45, 2.75) is 49.7 Å². The Hall–Kier alpha value is -0.320. The quantitative estimate of drug-likeness (QED) is 0.213. The molecule has 2 aliphatic rings. The van der Waals surface area contributed by atoms with Gasteiger partial charge in [0.2, 0.25) is 13.5 Å². The topological polar surface area (TPSA) is 84.9 Å². The molecule has 0 bridgehead atoms. The van der Waals surface area contributed by atoms with E-state index in [0.29, 0.717) is 0 Å². The molecule has 2 fully saturated rings. The predicted molar refractivity (Wildman–Crippen MR) is 135 cm³/mol. The Kier molecular flexibility index (Phi) is 8.48. The van der Waals surface area contributed by atoms with Crippen LogP contribution in [0.2, 0.25) is 0 Å². The van der Waals surface area contributed by atoms with Gasteiger partial charge in [-0.05, 0) is 19.4 Å². The van der Waals surface area contributed by atoms with Crippen molar-refractivity contribution in [1.29, 1.82) is 0 Å². The van der Waals surface area contributed by atoms with E-state index < -0.39 is 60.5 Å². The summed E-state index contributed by atoms with van der Waals surface area (Å²) in [6.07, 6.45) is -0.0114. The fraction of sp³-hybridized carbons (Fsp3) is 0.550. The summed E-state index contributed by atoms with van der Waals surface area (Å²) in [6.45, 7) is 2.51. The standard InChI is InChI=1S/C20H20Cl6N2O5S/c1-17(2)13(14(30)32-9-18(21,22)23)28-15(31)20(16(28)34-17,33-10-19(24,25)26)27-12(29)8-11-6-4-3-5-7-11/h3-7,13,16H,8-10H2,1-2H3,(H,27,29)/t13-,16+,20?/m0/s1. The molecule has 3 rings (SSSR count). The lowest BCUT2D eigenvalue weighted by molar-refractivity contribution is -0.207. The monoisotopic (exact) mass is 610 g/mol. The number of nitrogens with zero attached hydrogens (tertiary/aromatic N) is 1. The minimum Gasteiger partial charge on any atom is -0.460 e. The zero-order valence-corrected chi connectivity index (χ0v) is 23.2. The number of hydrogen-bond donors (Lipinski definition) is 1. The fourth-order valence-electron chi connectivity index (χ4n) is 3.75. The first-order valence-corrected chi connectivity index (χ1v) is 13.0. The van der Waals surface area contributed by atoms with Crippen molar-refractivity contribution in [3.8, 4) is 0 Å². The van der Waals surface area contributed by atoms with Crippen molar-refractivity contribution in [2.24, 2.45) is 0 Å². The van der Waals surface area contributed by atoms with Crippen LogP contribution in [0.5, 0.6) is 0 Å². The summed E-state index contributed by atoms with van der Waals surface area (Å²) in [5.74, 6) is -1.92. The molecule has 1 aromatic rings. The number of nitrogens with one attached hydrogen (secondary N) is 1. The Morgan fingerprint density at radius 1 is 1.06 bits per heavy atom. The first-order valence-electron chi connectivity index (χ1n) is 9.85. The van der Waals surface area contributed by atoms with E-state index in [1.165, 1.54) is 16.7 Å². The number of esters is 1. The van der Waals surface area contributed by atoms with Crippen molar-refractivity contribution in [3.05, 3.63) is 35.9 Å². The van der Waals surface area contributed by atoms with Crippen LogP contribution in [0.4, 0.5) is 0 Å². The number of carbonyl (C=O) groups excluding carboxylic acids is 3. The Balaban J connectivity index is 1.84. The average molecular weight is 613 g/mol. The summed E-state index contributed by atoms with van der Waals surface area (Å²) in [6, 6.07) is 7.91. The van der Waals surface area contributed by atoms with Gasteiger partial charge < -0.3 is 19.7 Å². The lowest BCUT2D eigenvalue weighted by atomic mass is 9.93. The van der Waals surface area contributed by atoms with E-state index in [2.05, 4.69) is 5.32 Å². The van der Waals surface area contributed by atoms with E-state index in [4.69, 9.17) is 79.1 Å². The molecule has 34 heavy (non-hydrogen) atoms. The van der Waals surface area contributed by atoms with E-state index in [9.17, 15) is 14.4 Å². The van der Waals surface area contributed by atoms with Gasteiger partial charge in [-0.2, -0.15) is 0 Å². The maximum absolute atomic E-state index is 13.4. The second-order valence-corrected chi connectivity index (χ2v) is 15.0. The number of amides is 2. The molecular formula is C20H20Cl6N2O5S. The molecule has 7 nitrogen and oxygen atoms in total. The van der Waals surface area contributed by atoms with E-state index in [1.807, 2.05) is 6.07 Å². The third-order valence-electron chi connectivity index (χ3n) is 5.10. The van der Waals surface area contributed by atoms with Crippen molar-refractivity contribution < 1.29 is 23.9 Å². The number of ether oxygens (including phenoxy) is 2. The summed E-state index contributed by atoms with van der Waals surface area (Å²) in [4.78, 5) is 40.4. The first-order chi connectivity index (χ1) is 15.6. The molecule has 2 saturated heterocycles. The average Bonchev–Trinajstić information content (AvgIpc) is 2.97. The normalized spacial score (nSPS) is 26.0. The largest absolute Gasteiger partial charge is 0.460 e. The number of fused-ring (bicyclic) bond motifs is 1. The molecule has 0 spiro atoms. The van der Waals surface area contributed by atoms with Crippen LogP contribution in [-0.2, 0) is 30.3 Å². The van der Waals surface area contributed by atoms with E-state index >= 15 is 0 Å². The van der Waals surface area contributed by atoms with Crippen LogP contribution in [0.15, 0.2) is 30.3 Å². The van der Waals surface area contributed by atoms with E-state index in [1.54, 1.807) is 38.1 Å². The molecule has 0 saturated carbocycles. The second kappa shape index (κ2) is 10.2. The number of benzene rings is 1. The number of β-lactam (4-membered cyclic amide) rings is 1. The molecule has 1 unspecified atom stereocenters. The molecule has 2 amide bonds. The van der Waals surface area contributed by atoms with Crippen molar-refractivity contribution in [2.75, 3.05) is 13.2 Å². The fourth-order valence-corrected chi connectivity index (χ4v) is 5.72. The summed E-state index contributed by atoms with van der Waals surface area (Å²) < 4.78 is 6.39. The summed E-state index contributed by atoms with van der Waals surface area (Å²) in [5.41, 5.74) is -1.12. The van der Waals surface area contributed by atoms with Crippen LogP contribution in [0.1, 0.15) is 19.4 Å². The molecule has 0 aliphatic carbocycles. The number of thioether (sulfide) groups is 1. The highest BCUT2D eigenvalue weighted by Gasteiger charge is 2.73. The third kappa shape index (κ3) is 6.32. The van der Waals surface area contributed by atoms with Gasteiger partial charge in [0.1, 0.15) is 18.0 Å². The SMILES string of the molecule is CC1(C)S[C@H]2N(C(=O)C2(NC(=O)Cc2ccccc2)OCC(Cl)(Cl)Cl)[C@H]1C(=O)OCC(Cl)(Cl)Cl. The molecule has 2 heterocycles. The molecule has 3 atom stereocenters. The highest BCUT2D eigenvalue weighted by atomic mass is 35.6. The lowest BCUT2D eigenvalue weighted by Crippen LogP contribution is -2.81. The van der Waals surface area contributed by atoms with E-state index in [-0.39, 0.29) is 6.42 Å². The minimum atomic E-state index is -1.85. The lowest BCUT2D eigenvalue weighted by Gasteiger charge is -2.52. The summed E-state index contributed by atoms with van der Waals surface area (Å²) in [5, 5.41) is 1.86. The second-order valence-electron chi connectivity index (χ2n) is 8.26. The summed E-state index contributed by atoms with van der Waals surface area (Å²) in [7, 11) is 0. The molecule has 188 valence electrons. The number of hydrogen-bond acceptors (Lipinski definition) is 6. The van der Waals surface area contributed by atoms with Crippen LogP contribution in [0, 0.1) is 0 Å². The molecule has 1 aromatic carbocycles. The number of rotatable bonds is 7. The molecule has 1 N–H and O–H groups in total. The van der Waals surface area contributed by atoms with E-state index in [0.717, 1.165) is 5.56 Å². The van der Waals surface area contributed by atoms with Gasteiger partial charge in [0.25, 0.3) is 11.6 Å². The van der Waals surface area contributed by atoms with Gasteiger partial charge in [0.15, 0.2) is 0 Å².